The van der Waals surface area contributed by atoms with E-state index in [4.69, 9.17) is 0 Å². The number of nitrogens with one attached hydrogen (secondary N) is 1. The summed E-state index contributed by atoms with van der Waals surface area (Å²) in [4.78, 5) is 17.4. The van der Waals surface area contributed by atoms with Crippen molar-refractivity contribution in [1.82, 2.24) is 4.98 Å². The number of aliphatic hydroxyl groups is 1. The quantitative estimate of drug-likeness (QED) is 0.718. The second-order valence-electron chi connectivity index (χ2n) is 7.92. The first-order valence-electron chi connectivity index (χ1n) is 9.71. The summed E-state index contributed by atoms with van der Waals surface area (Å²) in [5.74, 6) is -0.379. The van der Waals surface area contributed by atoms with Gasteiger partial charge in [0.1, 0.15) is 5.69 Å². The highest BCUT2D eigenvalue weighted by molar-refractivity contribution is 6.01. The SMILES string of the molecule is Cc1ccc(NC(=O)C2(c3ccccc3C(C)C)CC(CO)C2)c(OC(F)F)n1. The molecule has 3 rings (SSSR count). The minimum absolute atomic E-state index is 0.00467. The van der Waals surface area contributed by atoms with Crippen LogP contribution in [0.15, 0.2) is 36.4 Å². The third kappa shape index (κ3) is 4.24. The summed E-state index contributed by atoms with van der Waals surface area (Å²) in [5, 5.41) is 12.3. The number of hydrogen-bond acceptors (Lipinski definition) is 4. The van der Waals surface area contributed by atoms with Crippen LogP contribution in [0.3, 0.4) is 0 Å². The van der Waals surface area contributed by atoms with Gasteiger partial charge in [-0.05, 0) is 54.9 Å². The third-order valence-electron chi connectivity index (χ3n) is 5.51. The molecule has 0 aliphatic heterocycles. The van der Waals surface area contributed by atoms with Crippen molar-refractivity contribution in [3.8, 4) is 5.88 Å². The van der Waals surface area contributed by atoms with Crippen molar-refractivity contribution in [3.63, 3.8) is 0 Å². The molecule has 7 heteroatoms. The van der Waals surface area contributed by atoms with Crippen LogP contribution in [0.25, 0.3) is 0 Å². The second-order valence-corrected chi connectivity index (χ2v) is 7.92. The maximum Gasteiger partial charge on any atom is 0.388 e. The Hall–Kier alpha value is -2.54. The molecule has 5 nitrogen and oxygen atoms in total. The van der Waals surface area contributed by atoms with Crippen LogP contribution < -0.4 is 10.1 Å². The summed E-state index contributed by atoms with van der Waals surface area (Å²) >= 11 is 0. The summed E-state index contributed by atoms with van der Waals surface area (Å²) in [6.45, 7) is 2.74. The van der Waals surface area contributed by atoms with E-state index in [2.05, 4.69) is 28.9 Å². The number of alkyl halides is 2. The van der Waals surface area contributed by atoms with Crippen LogP contribution in [0.1, 0.15) is 49.4 Å². The number of carbonyl (C=O) groups is 1. The summed E-state index contributed by atoms with van der Waals surface area (Å²) in [6, 6.07) is 10.9. The van der Waals surface area contributed by atoms with E-state index in [-0.39, 0.29) is 35.9 Å². The highest BCUT2D eigenvalue weighted by Gasteiger charge is 2.52. The van der Waals surface area contributed by atoms with Crippen LogP contribution in [0.4, 0.5) is 14.5 Å². The zero-order valence-corrected chi connectivity index (χ0v) is 16.8. The largest absolute Gasteiger partial charge is 0.415 e. The van der Waals surface area contributed by atoms with Gasteiger partial charge in [0, 0.05) is 12.3 Å². The monoisotopic (exact) mass is 404 g/mol. The zero-order valence-electron chi connectivity index (χ0n) is 16.8. The topological polar surface area (TPSA) is 71.5 Å². The number of nitrogens with zero attached hydrogens (tertiary/aromatic N) is 1. The van der Waals surface area contributed by atoms with Gasteiger partial charge in [0.05, 0.1) is 5.41 Å². The van der Waals surface area contributed by atoms with E-state index in [0.29, 0.717) is 18.5 Å². The van der Waals surface area contributed by atoms with Gasteiger partial charge in [-0.15, -0.1) is 0 Å². The fourth-order valence-corrected chi connectivity index (χ4v) is 4.06. The third-order valence-corrected chi connectivity index (χ3v) is 5.51. The van der Waals surface area contributed by atoms with E-state index in [1.54, 1.807) is 13.0 Å². The molecule has 2 N–H and O–H groups in total. The molecule has 1 aliphatic rings. The fourth-order valence-electron chi connectivity index (χ4n) is 4.06. The molecule has 1 saturated carbocycles. The van der Waals surface area contributed by atoms with Gasteiger partial charge in [0.15, 0.2) is 0 Å². The van der Waals surface area contributed by atoms with E-state index in [0.717, 1.165) is 11.1 Å². The lowest BCUT2D eigenvalue weighted by Gasteiger charge is -2.47. The van der Waals surface area contributed by atoms with Crippen molar-refractivity contribution >= 4 is 11.6 Å². The molecule has 1 aromatic heterocycles. The number of hydrogen-bond donors (Lipinski definition) is 2. The van der Waals surface area contributed by atoms with Gasteiger partial charge in [0.25, 0.3) is 0 Å². The molecule has 0 atom stereocenters. The molecule has 0 unspecified atom stereocenters. The van der Waals surface area contributed by atoms with Crippen LogP contribution in [-0.2, 0) is 10.2 Å². The minimum atomic E-state index is -3.04. The molecule has 2 aromatic rings. The number of aliphatic hydroxyl groups excluding tert-OH is 1. The number of ether oxygens (including phenoxy) is 1. The van der Waals surface area contributed by atoms with Gasteiger partial charge in [-0.25, -0.2) is 4.98 Å². The first kappa shape index (κ1) is 21.2. The minimum Gasteiger partial charge on any atom is -0.415 e. The molecule has 0 spiro atoms. The van der Waals surface area contributed by atoms with Crippen molar-refractivity contribution in [2.45, 2.75) is 51.6 Å². The predicted molar refractivity (Wildman–Crippen MR) is 106 cm³/mol. The van der Waals surface area contributed by atoms with Gasteiger partial charge < -0.3 is 15.2 Å². The van der Waals surface area contributed by atoms with Gasteiger partial charge in [-0.1, -0.05) is 38.1 Å². The Labute approximate surface area is 169 Å². The van der Waals surface area contributed by atoms with E-state index < -0.39 is 12.0 Å². The molecule has 0 bridgehead atoms. The summed E-state index contributed by atoms with van der Waals surface area (Å²) in [7, 11) is 0. The standard InChI is InChI=1S/C22H26F2N2O3/c1-13(2)16-6-4-5-7-17(16)22(10-15(11-22)12-27)20(28)26-18-9-8-14(3)25-19(18)29-21(23)24/h4-9,13,15,21,27H,10-12H2,1-3H3,(H,26,28). The lowest BCUT2D eigenvalue weighted by molar-refractivity contribution is -0.127. The zero-order chi connectivity index (χ0) is 21.2. The molecule has 1 amide bonds. The summed E-state index contributed by atoms with van der Waals surface area (Å²) in [5.41, 5.74) is 1.75. The van der Waals surface area contributed by atoms with Crippen molar-refractivity contribution in [2.24, 2.45) is 5.92 Å². The number of anilines is 1. The van der Waals surface area contributed by atoms with Crippen molar-refractivity contribution in [2.75, 3.05) is 11.9 Å². The van der Waals surface area contributed by atoms with Crippen LogP contribution in [0.5, 0.6) is 5.88 Å². The van der Waals surface area contributed by atoms with E-state index in [9.17, 15) is 18.7 Å². The van der Waals surface area contributed by atoms with Crippen LogP contribution >= 0.6 is 0 Å². The molecular formula is C22H26F2N2O3. The average Bonchev–Trinajstić information content (AvgIpc) is 2.63. The number of benzene rings is 1. The molecule has 156 valence electrons. The van der Waals surface area contributed by atoms with Gasteiger partial charge in [0.2, 0.25) is 11.8 Å². The summed E-state index contributed by atoms with van der Waals surface area (Å²) < 4.78 is 30.1. The lowest BCUT2D eigenvalue weighted by Crippen LogP contribution is -2.52. The molecule has 0 saturated heterocycles. The van der Waals surface area contributed by atoms with Crippen molar-refractivity contribution in [1.29, 1.82) is 0 Å². The summed E-state index contributed by atoms with van der Waals surface area (Å²) in [6.07, 6.45) is 0.979. The molecule has 1 fully saturated rings. The maximum atomic E-state index is 13.4. The Bertz CT molecular complexity index is 880. The number of rotatable bonds is 7. The van der Waals surface area contributed by atoms with Crippen LogP contribution in [0.2, 0.25) is 0 Å². The van der Waals surface area contributed by atoms with Gasteiger partial charge in [-0.3, -0.25) is 4.79 Å². The number of amides is 1. The van der Waals surface area contributed by atoms with Gasteiger partial charge in [-0.2, -0.15) is 8.78 Å². The Balaban J connectivity index is 1.97. The Morgan fingerprint density at radius 1 is 1.28 bits per heavy atom. The Morgan fingerprint density at radius 2 is 1.97 bits per heavy atom. The molecule has 1 heterocycles. The predicted octanol–water partition coefficient (Wildman–Crippen LogP) is 4.39. The number of aryl methyl sites for hydroxylation is 1. The smallest absolute Gasteiger partial charge is 0.388 e. The van der Waals surface area contributed by atoms with E-state index in [1.807, 2.05) is 24.3 Å². The van der Waals surface area contributed by atoms with Crippen molar-refractivity contribution < 1.29 is 23.4 Å². The maximum absolute atomic E-state index is 13.4. The Kier molecular flexibility index (Phi) is 6.17. The molecule has 1 aliphatic carbocycles. The Morgan fingerprint density at radius 3 is 2.59 bits per heavy atom. The van der Waals surface area contributed by atoms with Crippen LogP contribution in [0, 0.1) is 12.8 Å². The lowest BCUT2D eigenvalue weighted by atomic mass is 9.57. The number of carbonyl (C=O) groups excluding carboxylic acids is 1. The molecular weight excluding hydrogens is 378 g/mol. The molecule has 29 heavy (non-hydrogen) atoms. The fraction of sp³-hybridized carbons (Fsp3) is 0.455. The van der Waals surface area contributed by atoms with E-state index in [1.165, 1.54) is 6.07 Å². The average molecular weight is 404 g/mol. The first-order valence-corrected chi connectivity index (χ1v) is 9.71. The highest BCUT2D eigenvalue weighted by Crippen LogP contribution is 2.50. The van der Waals surface area contributed by atoms with Crippen LogP contribution in [-0.4, -0.2) is 29.2 Å². The van der Waals surface area contributed by atoms with Crippen molar-refractivity contribution in [3.05, 3.63) is 53.2 Å². The molecule has 1 aromatic carbocycles. The number of pyridine rings is 1. The van der Waals surface area contributed by atoms with E-state index >= 15 is 0 Å². The normalized spacial score (nSPS) is 21.2. The first-order chi connectivity index (χ1) is 13.8. The highest BCUT2D eigenvalue weighted by atomic mass is 19.3. The number of aromatic nitrogens is 1. The second kappa shape index (κ2) is 8.45. The van der Waals surface area contributed by atoms with Gasteiger partial charge >= 0.3 is 6.61 Å². The number of halogens is 2. The molecule has 0 radical (unpaired) electrons.